The van der Waals surface area contributed by atoms with Crippen molar-refractivity contribution in [3.05, 3.63) is 71.6 Å². The summed E-state index contributed by atoms with van der Waals surface area (Å²) in [6.45, 7) is 4.28. The van der Waals surface area contributed by atoms with E-state index in [2.05, 4.69) is 52.0 Å². The van der Waals surface area contributed by atoms with Crippen LogP contribution >= 0.6 is 0 Å². The minimum atomic E-state index is 0.834. The van der Waals surface area contributed by atoms with Crippen LogP contribution in [0.25, 0.3) is 11.3 Å². The first-order valence-corrected chi connectivity index (χ1v) is 7.64. The second-order valence-electron chi connectivity index (χ2n) is 5.57. The lowest BCUT2D eigenvalue weighted by molar-refractivity contribution is 0.912. The van der Waals surface area contributed by atoms with Crippen LogP contribution in [-0.2, 0) is 12.8 Å². The number of rotatable bonds is 3. The molecule has 0 aliphatic rings. The first kappa shape index (κ1) is 13.1. The number of pyridine rings is 2. The molecule has 0 spiro atoms. The van der Waals surface area contributed by atoms with Crippen LogP contribution in [0.2, 0.25) is 0 Å². The van der Waals surface area contributed by atoms with Crippen molar-refractivity contribution in [3.63, 3.8) is 0 Å². The fourth-order valence-electron chi connectivity index (χ4n) is 3.14. The van der Waals surface area contributed by atoms with Crippen molar-refractivity contribution in [1.29, 1.82) is 0 Å². The fourth-order valence-corrected chi connectivity index (χ4v) is 3.14. The number of fused-ring (bicyclic) bond motifs is 2. The topological polar surface area (TPSA) is 34.6 Å². The van der Waals surface area contributed by atoms with Crippen molar-refractivity contribution < 1.29 is 0 Å². The minimum absolute atomic E-state index is 0.834. The predicted molar refractivity (Wildman–Crippen MR) is 87.3 cm³/mol. The smallest absolute Gasteiger partial charge is 0.137 e. The van der Waals surface area contributed by atoms with Gasteiger partial charge in [-0.3, -0.25) is 0 Å². The van der Waals surface area contributed by atoms with Gasteiger partial charge in [0.05, 0.1) is 11.4 Å². The van der Waals surface area contributed by atoms with Crippen molar-refractivity contribution in [2.24, 2.45) is 0 Å². The highest BCUT2D eigenvalue weighted by atomic mass is 15.0. The third-order valence-corrected chi connectivity index (χ3v) is 4.19. The summed E-state index contributed by atoms with van der Waals surface area (Å²) >= 11 is 0. The Hall–Kier alpha value is -2.62. The molecule has 4 heteroatoms. The molecule has 0 fully saturated rings. The molecule has 0 unspecified atom stereocenters. The number of imidazole rings is 2. The molecule has 0 aliphatic heterocycles. The Labute approximate surface area is 129 Å². The Kier molecular flexibility index (Phi) is 2.96. The highest BCUT2D eigenvalue weighted by Crippen LogP contribution is 2.19. The molecule has 0 radical (unpaired) electrons. The summed E-state index contributed by atoms with van der Waals surface area (Å²) in [4.78, 5) is 9.28. The van der Waals surface area contributed by atoms with Crippen molar-refractivity contribution in [2.45, 2.75) is 26.7 Å². The van der Waals surface area contributed by atoms with E-state index in [9.17, 15) is 0 Å². The van der Waals surface area contributed by atoms with Crippen LogP contribution in [0.4, 0.5) is 0 Å². The highest BCUT2D eigenvalue weighted by molar-refractivity contribution is 5.46. The third-order valence-electron chi connectivity index (χ3n) is 4.19. The second kappa shape index (κ2) is 4.98. The van der Waals surface area contributed by atoms with Crippen LogP contribution in [0.15, 0.2) is 48.8 Å². The SMILES string of the molecule is CCc1nc2ccccn2c1Cc1cnc2cccc(C)n12. The quantitative estimate of drug-likeness (QED) is 0.579. The van der Waals surface area contributed by atoms with Gasteiger partial charge in [0, 0.05) is 30.2 Å². The molecule has 22 heavy (non-hydrogen) atoms. The largest absolute Gasteiger partial charge is 0.303 e. The lowest BCUT2D eigenvalue weighted by atomic mass is 10.1. The highest BCUT2D eigenvalue weighted by Gasteiger charge is 2.14. The summed E-state index contributed by atoms with van der Waals surface area (Å²) in [5.41, 5.74) is 6.84. The molecule has 0 amide bonds. The van der Waals surface area contributed by atoms with Gasteiger partial charge in [0.15, 0.2) is 0 Å². The monoisotopic (exact) mass is 290 g/mol. The van der Waals surface area contributed by atoms with E-state index in [1.165, 1.54) is 17.1 Å². The first-order chi connectivity index (χ1) is 10.8. The van der Waals surface area contributed by atoms with Gasteiger partial charge in [-0.05, 0) is 37.6 Å². The molecule has 0 atom stereocenters. The second-order valence-corrected chi connectivity index (χ2v) is 5.57. The lowest BCUT2D eigenvalue weighted by Crippen LogP contribution is -2.02. The van der Waals surface area contributed by atoms with Gasteiger partial charge in [-0.25, -0.2) is 9.97 Å². The van der Waals surface area contributed by atoms with E-state index < -0.39 is 0 Å². The van der Waals surface area contributed by atoms with Gasteiger partial charge in [0.2, 0.25) is 0 Å². The van der Waals surface area contributed by atoms with Crippen molar-refractivity contribution in [2.75, 3.05) is 0 Å². The molecule has 4 nitrogen and oxygen atoms in total. The normalized spacial score (nSPS) is 11.5. The van der Waals surface area contributed by atoms with Crippen LogP contribution in [0, 0.1) is 6.92 Å². The molecule has 0 saturated carbocycles. The molecule has 4 aromatic heterocycles. The zero-order valence-electron chi connectivity index (χ0n) is 12.8. The summed E-state index contributed by atoms with van der Waals surface area (Å²) in [5, 5.41) is 0. The first-order valence-electron chi connectivity index (χ1n) is 7.64. The molecule has 4 aromatic rings. The molecule has 0 aromatic carbocycles. The third kappa shape index (κ3) is 1.91. The Bertz CT molecular complexity index is 962. The van der Waals surface area contributed by atoms with E-state index in [0.717, 1.165) is 29.8 Å². The molecular formula is C18H18N4. The van der Waals surface area contributed by atoms with Gasteiger partial charge < -0.3 is 8.80 Å². The van der Waals surface area contributed by atoms with E-state index in [1.54, 1.807) is 0 Å². The van der Waals surface area contributed by atoms with E-state index in [-0.39, 0.29) is 0 Å². The maximum absolute atomic E-state index is 4.75. The van der Waals surface area contributed by atoms with Gasteiger partial charge in [0.1, 0.15) is 11.3 Å². The number of hydrogen-bond donors (Lipinski definition) is 0. The van der Waals surface area contributed by atoms with E-state index in [4.69, 9.17) is 4.98 Å². The summed E-state index contributed by atoms with van der Waals surface area (Å²) in [6, 6.07) is 12.4. The van der Waals surface area contributed by atoms with Gasteiger partial charge in [0.25, 0.3) is 0 Å². The number of aromatic nitrogens is 4. The Morgan fingerprint density at radius 2 is 1.91 bits per heavy atom. The van der Waals surface area contributed by atoms with Crippen molar-refractivity contribution in [3.8, 4) is 0 Å². The Morgan fingerprint density at radius 1 is 1.05 bits per heavy atom. The number of nitrogens with zero attached hydrogens (tertiary/aromatic N) is 4. The van der Waals surface area contributed by atoms with Crippen LogP contribution < -0.4 is 0 Å². The van der Waals surface area contributed by atoms with Gasteiger partial charge in [-0.15, -0.1) is 0 Å². The van der Waals surface area contributed by atoms with Crippen LogP contribution in [0.3, 0.4) is 0 Å². The van der Waals surface area contributed by atoms with Crippen LogP contribution in [0.1, 0.15) is 29.7 Å². The number of hydrogen-bond acceptors (Lipinski definition) is 2. The predicted octanol–water partition coefficient (Wildman–Crippen LogP) is 3.44. The van der Waals surface area contributed by atoms with Crippen LogP contribution in [-0.4, -0.2) is 18.8 Å². The average molecular weight is 290 g/mol. The standard InChI is InChI=1S/C18H18N4/c1-3-15-16(21-10-5-4-8-18(21)20-15)11-14-12-19-17-9-6-7-13(2)22(14)17/h4-10,12H,3,11H2,1-2H3. The zero-order chi connectivity index (χ0) is 15.1. The van der Waals surface area contributed by atoms with Gasteiger partial charge >= 0.3 is 0 Å². The molecule has 0 N–H and O–H groups in total. The number of aryl methyl sites for hydroxylation is 2. The van der Waals surface area contributed by atoms with E-state index in [0.29, 0.717) is 0 Å². The molecular weight excluding hydrogens is 272 g/mol. The van der Waals surface area contributed by atoms with E-state index >= 15 is 0 Å². The molecule has 0 saturated heterocycles. The van der Waals surface area contributed by atoms with Gasteiger partial charge in [-0.1, -0.05) is 19.1 Å². The summed E-state index contributed by atoms with van der Waals surface area (Å²) in [7, 11) is 0. The van der Waals surface area contributed by atoms with E-state index in [1.807, 2.05) is 24.4 Å². The molecule has 4 heterocycles. The maximum Gasteiger partial charge on any atom is 0.137 e. The zero-order valence-corrected chi connectivity index (χ0v) is 12.8. The summed E-state index contributed by atoms with van der Waals surface area (Å²) in [6.07, 6.45) is 5.84. The molecule has 110 valence electrons. The summed E-state index contributed by atoms with van der Waals surface area (Å²) in [5.74, 6) is 0. The average Bonchev–Trinajstić information content (AvgIpc) is 3.11. The minimum Gasteiger partial charge on any atom is -0.303 e. The summed E-state index contributed by atoms with van der Waals surface area (Å²) < 4.78 is 4.41. The Balaban J connectivity index is 1.89. The molecule has 4 rings (SSSR count). The lowest BCUT2D eigenvalue weighted by Gasteiger charge is -2.07. The van der Waals surface area contributed by atoms with Crippen molar-refractivity contribution >= 4 is 11.3 Å². The Morgan fingerprint density at radius 3 is 2.77 bits per heavy atom. The molecule has 0 aliphatic carbocycles. The van der Waals surface area contributed by atoms with Gasteiger partial charge in [-0.2, -0.15) is 0 Å². The molecule has 0 bridgehead atoms. The van der Waals surface area contributed by atoms with Crippen LogP contribution in [0.5, 0.6) is 0 Å². The van der Waals surface area contributed by atoms with Crippen molar-refractivity contribution in [1.82, 2.24) is 18.8 Å². The maximum atomic E-state index is 4.75. The fraction of sp³-hybridized carbons (Fsp3) is 0.222.